The Morgan fingerprint density at radius 1 is 1.22 bits per heavy atom. The Balaban J connectivity index is 0.00000150. The minimum absolute atomic E-state index is 0.0154. The first kappa shape index (κ1) is 30.7. The van der Waals surface area contributed by atoms with Gasteiger partial charge in [0.05, 0.1) is 22.2 Å². The van der Waals surface area contributed by atoms with E-state index in [0.717, 1.165) is 4.68 Å². The molecule has 1 amide bonds. The quantitative estimate of drug-likeness (QED) is 0.248. The maximum Gasteiger partial charge on any atom is 0.349 e. The molecule has 0 saturated heterocycles. The maximum absolute atomic E-state index is 12.2. The van der Waals surface area contributed by atoms with E-state index < -0.39 is 23.6 Å². The van der Waals surface area contributed by atoms with Gasteiger partial charge in [-0.2, -0.15) is 9.78 Å². The van der Waals surface area contributed by atoms with Crippen LogP contribution in [0.15, 0.2) is 45.7 Å². The number of likely N-dealkylation sites (N-methyl/N-ethyl adjacent to an activating group) is 1. The molecule has 0 aliphatic heterocycles. The zero-order chi connectivity index (χ0) is 27.6. The molecule has 1 heterocycles. The molecule has 10 nitrogen and oxygen atoms in total. The van der Waals surface area contributed by atoms with Gasteiger partial charge in [-0.05, 0) is 24.1 Å². The highest BCUT2D eigenvalue weighted by Crippen LogP contribution is 2.36. The fourth-order valence-corrected chi connectivity index (χ4v) is 3.16. The molecule has 0 aliphatic carbocycles. The number of carbonyl (C=O) groups is 2. The molecule has 1 aromatic heterocycles. The second-order valence-corrected chi connectivity index (χ2v) is 8.64. The Morgan fingerprint density at radius 3 is 2.22 bits per heavy atom. The summed E-state index contributed by atoms with van der Waals surface area (Å²) in [7, 11) is 1.50. The van der Waals surface area contributed by atoms with Crippen molar-refractivity contribution in [2.75, 3.05) is 7.05 Å². The number of ether oxygens (including phenoxy) is 1. The van der Waals surface area contributed by atoms with Gasteiger partial charge in [0.2, 0.25) is 5.91 Å². The molecule has 196 valence electrons. The Bertz CT molecular complexity index is 1240. The van der Waals surface area contributed by atoms with Crippen molar-refractivity contribution in [2.24, 2.45) is 5.92 Å². The molecule has 1 aromatic carbocycles. The van der Waals surface area contributed by atoms with E-state index in [0.29, 0.717) is 5.57 Å². The summed E-state index contributed by atoms with van der Waals surface area (Å²) in [4.78, 5) is 48.8. The molecule has 0 aliphatic rings. The minimum Gasteiger partial charge on any atom is -0.481 e. The molecular weight excluding hydrogens is 511 g/mol. The van der Waals surface area contributed by atoms with E-state index in [1.807, 2.05) is 18.8 Å². The van der Waals surface area contributed by atoms with Gasteiger partial charge in [0.25, 0.3) is 5.56 Å². The van der Waals surface area contributed by atoms with E-state index >= 15 is 0 Å². The lowest BCUT2D eigenvalue weighted by Crippen LogP contribution is -2.34. The third kappa shape index (κ3) is 8.69. The summed E-state index contributed by atoms with van der Waals surface area (Å²) in [6.07, 6.45) is 3.41. The van der Waals surface area contributed by atoms with Crippen LogP contribution in [-0.2, 0) is 16.0 Å². The number of carboxylic acid groups (broad SMARTS) is 1. The summed E-state index contributed by atoms with van der Waals surface area (Å²) in [6.45, 7) is 11.8. The molecule has 0 spiro atoms. The van der Waals surface area contributed by atoms with Crippen molar-refractivity contribution >= 4 is 35.1 Å². The molecule has 2 aromatic rings. The van der Waals surface area contributed by atoms with Gasteiger partial charge in [-0.25, -0.2) is 4.79 Å². The number of carboxylic acids is 1. The average Bonchev–Trinajstić information content (AvgIpc) is 2.80. The second-order valence-electron chi connectivity index (χ2n) is 7.83. The SMILES string of the molecule is C=C(/C=C(\C(=O)NC)C(C)C)Oc1c(Cl)cc(-n2nc(CC(=O)O)c(=O)[nH]c2=O)cc1Cl.CCCC. The lowest BCUT2D eigenvalue weighted by Gasteiger charge is -2.14. The minimum atomic E-state index is -1.29. The predicted molar refractivity (Wildman–Crippen MR) is 139 cm³/mol. The van der Waals surface area contributed by atoms with Gasteiger partial charge in [-0.3, -0.25) is 19.4 Å². The Labute approximate surface area is 218 Å². The average molecular weight is 541 g/mol. The largest absolute Gasteiger partial charge is 0.481 e. The zero-order valence-corrected chi connectivity index (χ0v) is 22.3. The van der Waals surface area contributed by atoms with Crippen LogP contribution < -0.4 is 21.3 Å². The number of benzene rings is 1. The highest BCUT2D eigenvalue weighted by molar-refractivity contribution is 6.37. The Morgan fingerprint density at radius 2 is 1.78 bits per heavy atom. The normalized spacial score (nSPS) is 10.9. The highest BCUT2D eigenvalue weighted by atomic mass is 35.5. The number of nitrogens with zero attached hydrogens (tertiary/aromatic N) is 2. The molecule has 0 bridgehead atoms. The number of amides is 1. The standard InChI is InChI=1S/C20H20Cl2N4O6.C4H10/c1-9(2)12(18(29)23-4)5-10(3)32-17-13(21)6-11(7-14(17)22)26-20(31)24-19(30)15(25-26)8-16(27)28;1-3-4-2/h5-7,9H,3,8H2,1-2,4H3,(H,23,29)(H,27,28)(H,24,30,31);3-4H2,1-2H3/b12-5-;. The molecular formula is C24H30Cl2N4O6. The van der Waals surface area contributed by atoms with Crippen LogP contribution in [0.3, 0.4) is 0 Å². The number of hydrogen-bond acceptors (Lipinski definition) is 6. The van der Waals surface area contributed by atoms with Gasteiger partial charge in [0.1, 0.15) is 11.5 Å². The summed E-state index contributed by atoms with van der Waals surface area (Å²) < 4.78 is 6.37. The molecule has 36 heavy (non-hydrogen) atoms. The van der Waals surface area contributed by atoms with Crippen LogP contribution >= 0.6 is 23.2 Å². The summed E-state index contributed by atoms with van der Waals surface area (Å²) in [5, 5.41) is 15.2. The van der Waals surface area contributed by atoms with Crippen LogP contribution in [0, 0.1) is 5.92 Å². The van der Waals surface area contributed by atoms with Crippen molar-refractivity contribution in [1.82, 2.24) is 20.1 Å². The first-order valence-corrected chi connectivity index (χ1v) is 11.9. The molecule has 0 saturated carbocycles. The molecule has 0 unspecified atom stereocenters. The third-order valence-electron chi connectivity index (χ3n) is 4.60. The maximum atomic E-state index is 12.2. The number of H-pyrrole nitrogens is 1. The number of unbranched alkanes of at least 4 members (excludes halogenated alkanes) is 1. The fraction of sp³-hybridized carbons (Fsp3) is 0.375. The molecule has 12 heteroatoms. The second kappa shape index (κ2) is 14.3. The first-order chi connectivity index (χ1) is 16.9. The summed E-state index contributed by atoms with van der Waals surface area (Å²) in [5.41, 5.74) is -1.71. The molecule has 0 radical (unpaired) electrons. The van der Waals surface area contributed by atoms with E-state index in [4.69, 9.17) is 33.0 Å². The highest BCUT2D eigenvalue weighted by Gasteiger charge is 2.17. The van der Waals surface area contributed by atoms with Crippen LogP contribution in [0.5, 0.6) is 5.75 Å². The van der Waals surface area contributed by atoms with Crippen molar-refractivity contribution in [3.63, 3.8) is 0 Å². The first-order valence-electron chi connectivity index (χ1n) is 11.1. The third-order valence-corrected chi connectivity index (χ3v) is 5.16. The lowest BCUT2D eigenvalue weighted by atomic mass is 10.0. The number of halogens is 2. The summed E-state index contributed by atoms with van der Waals surface area (Å²) in [5.74, 6) is -1.59. The van der Waals surface area contributed by atoms with E-state index in [1.165, 1.54) is 38.1 Å². The van der Waals surface area contributed by atoms with Crippen molar-refractivity contribution in [1.29, 1.82) is 0 Å². The smallest absolute Gasteiger partial charge is 0.349 e. The Hall–Kier alpha value is -3.37. The number of aromatic nitrogens is 3. The van der Waals surface area contributed by atoms with Gasteiger partial charge in [0, 0.05) is 12.6 Å². The number of carbonyl (C=O) groups excluding carboxylic acids is 1. The van der Waals surface area contributed by atoms with Crippen molar-refractivity contribution < 1.29 is 19.4 Å². The van der Waals surface area contributed by atoms with Crippen LogP contribution in [0.4, 0.5) is 0 Å². The lowest BCUT2D eigenvalue weighted by molar-refractivity contribution is -0.136. The number of aliphatic carboxylic acids is 1. The monoisotopic (exact) mass is 540 g/mol. The topological polar surface area (TPSA) is 143 Å². The number of hydrogen-bond donors (Lipinski definition) is 3. The van der Waals surface area contributed by atoms with Gasteiger partial charge in [0.15, 0.2) is 5.75 Å². The zero-order valence-electron chi connectivity index (χ0n) is 20.8. The molecule has 2 rings (SSSR count). The number of rotatable bonds is 9. The molecule has 3 N–H and O–H groups in total. The molecule has 0 atom stereocenters. The van der Waals surface area contributed by atoms with Gasteiger partial charge in [-0.15, -0.1) is 0 Å². The van der Waals surface area contributed by atoms with Crippen LogP contribution in [0.2, 0.25) is 10.0 Å². The number of allylic oxidation sites excluding steroid dienone is 1. The van der Waals surface area contributed by atoms with Crippen LogP contribution in [0.1, 0.15) is 46.2 Å². The van der Waals surface area contributed by atoms with Crippen LogP contribution in [-0.4, -0.2) is 38.8 Å². The number of aromatic amines is 1. The summed E-state index contributed by atoms with van der Waals surface area (Å²) >= 11 is 12.5. The van der Waals surface area contributed by atoms with Crippen LogP contribution in [0.25, 0.3) is 5.69 Å². The fourth-order valence-electron chi connectivity index (χ4n) is 2.61. The Kier molecular flexibility index (Phi) is 12.1. The van der Waals surface area contributed by atoms with Crippen molar-refractivity contribution in [3.05, 3.63) is 72.7 Å². The number of nitrogens with one attached hydrogen (secondary N) is 2. The van der Waals surface area contributed by atoms with E-state index in [9.17, 15) is 19.2 Å². The van der Waals surface area contributed by atoms with E-state index in [-0.39, 0.29) is 44.8 Å². The summed E-state index contributed by atoms with van der Waals surface area (Å²) in [6, 6.07) is 2.58. The van der Waals surface area contributed by atoms with E-state index in [1.54, 1.807) is 0 Å². The van der Waals surface area contributed by atoms with Gasteiger partial charge < -0.3 is 15.2 Å². The van der Waals surface area contributed by atoms with Gasteiger partial charge in [-0.1, -0.05) is 70.3 Å². The van der Waals surface area contributed by atoms with Crippen molar-refractivity contribution in [3.8, 4) is 11.4 Å². The van der Waals surface area contributed by atoms with Gasteiger partial charge >= 0.3 is 11.7 Å². The molecule has 0 fully saturated rings. The van der Waals surface area contributed by atoms with Crippen molar-refractivity contribution in [2.45, 2.75) is 47.0 Å². The predicted octanol–water partition coefficient (Wildman–Crippen LogP) is 3.88. The van der Waals surface area contributed by atoms with E-state index in [2.05, 4.69) is 30.8 Å².